The largest absolute Gasteiger partial charge is 0.480 e. The van der Waals surface area contributed by atoms with Crippen LogP contribution in [0.2, 0.25) is 0 Å². The van der Waals surface area contributed by atoms with Crippen LogP contribution in [0.4, 0.5) is 0 Å². The molecule has 11 heteroatoms. The molecular formula is C40H55ClO10. The smallest absolute Gasteiger partial charge is 0.317 e. The van der Waals surface area contributed by atoms with E-state index in [1.807, 2.05) is 13.8 Å². The fourth-order valence-corrected chi connectivity index (χ4v) is 11.4. The Morgan fingerprint density at radius 1 is 0.647 bits per heavy atom. The van der Waals surface area contributed by atoms with Gasteiger partial charge in [0.2, 0.25) is 0 Å². The molecule has 15 unspecified atom stereocenters. The molecule has 10 fully saturated rings. The summed E-state index contributed by atoms with van der Waals surface area (Å²) >= 11 is 5.94. The van der Waals surface area contributed by atoms with Crippen LogP contribution in [-0.4, -0.2) is 68.1 Å². The maximum atomic E-state index is 11.4. The summed E-state index contributed by atoms with van der Waals surface area (Å²) in [5, 5.41) is 17.7. The Morgan fingerprint density at radius 2 is 1.16 bits per heavy atom. The first-order valence-corrected chi connectivity index (χ1v) is 19.4. The zero-order valence-electron chi connectivity index (χ0n) is 31.1. The molecule has 0 heterocycles. The number of Topliss-reactive ketones (excluding diaryl/α,β-unsaturated/α-hetero) is 5. The van der Waals surface area contributed by atoms with Gasteiger partial charge in [-0.25, -0.2) is 0 Å². The quantitative estimate of drug-likeness (QED) is 0.218. The van der Waals surface area contributed by atoms with Gasteiger partial charge in [-0.3, -0.25) is 33.6 Å². The number of fused-ring (bicyclic) bond motifs is 5. The first kappa shape index (κ1) is 38.3. The molecule has 0 aromatic carbocycles. The zero-order valence-corrected chi connectivity index (χ0v) is 31.8. The van der Waals surface area contributed by atoms with Crippen molar-refractivity contribution in [1.82, 2.24) is 0 Å². The molecule has 0 amide bonds. The minimum Gasteiger partial charge on any atom is -0.480 e. The lowest BCUT2D eigenvalue weighted by atomic mass is 10.0. The summed E-state index contributed by atoms with van der Waals surface area (Å²) in [5.41, 5.74) is -1.70. The number of ether oxygens (including phenoxy) is 1. The number of carboxylic acid groups (broad SMARTS) is 1. The van der Waals surface area contributed by atoms with Crippen LogP contribution in [-0.2, 0) is 38.3 Å². The summed E-state index contributed by atoms with van der Waals surface area (Å²) in [6.45, 7) is 14.0. The molecule has 282 valence electrons. The third kappa shape index (κ3) is 6.16. The maximum absolute atomic E-state index is 11.4. The molecule has 0 aromatic heterocycles. The predicted molar refractivity (Wildman–Crippen MR) is 185 cm³/mol. The maximum Gasteiger partial charge on any atom is 0.317 e. The predicted octanol–water partition coefficient (Wildman–Crippen LogP) is 5.41. The highest BCUT2D eigenvalue weighted by Crippen LogP contribution is 2.65. The van der Waals surface area contributed by atoms with Crippen LogP contribution in [0.5, 0.6) is 0 Å². The van der Waals surface area contributed by atoms with Crippen molar-refractivity contribution >= 4 is 52.5 Å². The van der Waals surface area contributed by atoms with Gasteiger partial charge in [0.25, 0.3) is 0 Å². The molecule has 0 saturated heterocycles. The minimum absolute atomic E-state index is 0.0532. The number of carboxylic acids is 1. The van der Waals surface area contributed by atoms with Crippen LogP contribution in [0.3, 0.4) is 0 Å². The zero-order chi connectivity index (χ0) is 37.8. The second kappa shape index (κ2) is 12.6. The number of aliphatic hydroxyl groups is 1. The van der Waals surface area contributed by atoms with Crippen molar-refractivity contribution in [2.24, 2.45) is 75.4 Å². The summed E-state index contributed by atoms with van der Waals surface area (Å²) in [6.07, 6.45) is 7.72. The molecule has 0 radical (unpaired) electrons. The molecule has 15 atom stereocenters. The molecule has 10 nitrogen and oxygen atoms in total. The van der Waals surface area contributed by atoms with Gasteiger partial charge >= 0.3 is 11.9 Å². The Morgan fingerprint density at radius 3 is 1.35 bits per heavy atom. The van der Waals surface area contributed by atoms with Gasteiger partial charge in [0.1, 0.15) is 21.9 Å². The van der Waals surface area contributed by atoms with Crippen LogP contribution >= 0.6 is 11.6 Å². The summed E-state index contributed by atoms with van der Waals surface area (Å²) in [4.78, 5) is 77.0. The Labute approximate surface area is 305 Å². The number of rotatable bonds is 3. The van der Waals surface area contributed by atoms with Gasteiger partial charge in [-0.05, 0) is 78.9 Å². The number of halogens is 1. The monoisotopic (exact) mass is 730 g/mol. The van der Waals surface area contributed by atoms with Crippen molar-refractivity contribution in [3.05, 3.63) is 0 Å². The normalized spacial score (nSPS) is 50.2. The number of carbonyl (C=O) groups excluding carboxylic acids is 6. The number of aliphatic hydroxyl groups excluding tert-OH is 1. The summed E-state index contributed by atoms with van der Waals surface area (Å²) in [6, 6.07) is 0. The van der Waals surface area contributed by atoms with Gasteiger partial charge in [-0.1, -0.05) is 41.5 Å². The fourth-order valence-electron chi connectivity index (χ4n) is 10.9. The Balaban J connectivity index is 0.000000110. The molecule has 0 spiro atoms. The van der Waals surface area contributed by atoms with E-state index >= 15 is 0 Å². The van der Waals surface area contributed by atoms with E-state index in [0.717, 1.165) is 31.6 Å². The van der Waals surface area contributed by atoms with Gasteiger partial charge in [-0.2, -0.15) is 0 Å². The average molecular weight is 731 g/mol. The first-order valence-electron chi connectivity index (χ1n) is 19.0. The lowest BCUT2D eigenvalue weighted by Crippen LogP contribution is -2.26. The lowest BCUT2D eigenvalue weighted by molar-refractivity contribution is -0.155. The molecule has 0 bridgehead atoms. The molecule has 2 N–H and O–H groups in total. The second-order valence-corrected chi connectivity index (χ2v) is 19.1. The summed E-state index contributed by atoms with van der Waals surface area (Å²) in [5.74, 6) is 4.62. The number of carbonyl (C=O) groups is 7. The Bertz CT molecular complexity index is 1530. The number of alkyl halides is 1. The first-order chi connectivity index (χ1) is 23.6. The highest BCUT2D eigenvalue weighted by molar-refractivity contribution is 6.38. The van der Waals surface area contributed by atoms with Crippen molar-refractivity contribution in [3.8, 4) is 0 Å². The molecule has 51 heavy (non-hydrogen) atoms. The van der Waals surface area contributed by atoms with Gasteiger partial charge in [0, 0.05) is 56.8 Å². The third-order valence-corrected chi connectivity index (χ3v) is 15.6. The SMILES string of the molecule is CC(=O)OC12CC1C(C)CC2=O.CC1CC(=O)C2(C(=O)O)CC12.CC1CC(=O)C2(C)CC12.CC1CC(=O)C2(CO)CC12.CC1CC(=O)C2(Cl)CC12. The van der Waals surface area contributed by atoms with Crippen LogP contribution in [0.1, 0.15) is 113 Å². The highest BCUT2D eigenvalue weighted by Gasteiger charge is 2.72. The standard InChI is InChI=1S/C9H12O3.C8H10O3.C8H12O2.C8H12O.C7H9ClO/c1-5-3-8(11)9(4-7(5)9)12-6(2)10;1-4-2-6(9)8(7(10)11)3-5(4)8;1-5-2-7(10)8(4-9)3-6(5)8;1-5-3-7(9)8(2)4-6(5)8;1-4-2-6(9)7(8)3-5(4)7/h5,7H,3-4H2,1-2H3;4-5H,2-3H2,1H3,(H,10,11);5-6,9H,2-4H2,1H3;5-6H,3-4H2,1-2H3;4-5H,2-3H2,1H3. The molecule has 0 aromatic rings. The van der Waals surface area contributed by atoms with Crippen molar-refractivity contribution in [2.75, 3.05) is 6.61 Å². The van der Waals surface area contributed by atoms with E-state index in [1.54, 1.807) is 0 Å². The van der Waals surface area contributed by atoms with Crippen molar-refractivity contribution < 1.29 is 48.5 Å². The topological polar surface area (TPSA) is 169 Å². The van der Waals surface area contributed by atoms with Gasteiger partial charge in [0.05, 0.1) is 12.0 Å². The third-order valence-electron chi connectivity index (χ3n) is 14.9. The van der Waals surface area contributed by atoms with Gasteiger partial charge < -0.3 is 14.9 Å². The summed E-state index contributed by atoms with van der Waals surface area (Å²) < 4.78 is 5.07. The molecule has 10 aliphatic carbocycles. The van der Waals surface area contributed by atoms with Crippen molar-refractivity contribution in [1.29, 1.82) is 0 Å². The average Bonchev–Trinajstić information content (AvgIpc) is 3.89. The van der Waals surface area contributed by atoms with Crippen LogP contribution < -0.4 is 0 Å². The van der Waals surface area contributed by atoms with Crippen molar-refractivity contribution in [2.45, 2.75) is 123 Å². The number of aliphatic carboxylic acids is 1. The van der Waals surface area contributed by atoms with E-state index in [0.29, 0.717) is 91.0 Å². The second-order valence-electron chi connectivity index (χ2n) is 18.4. The minimum atomic E-state index is -0.931. The molecular weight excluding hydrogens is 676 g/mol. The number of esters is 1. The Hall–Kier alpha value is -2.46. The van der Waals surface area contributed by atoms with Crippen molar-refractivity contribution in [3.63, 3.8) is 0 Å². The lowest BCUT2D eigenvalue weighted by Gasteiger charge is -2.09. The Kier molecular flexibility index (Phi) is 9.43. The van der Waals surface area contributed by atoms with Crippen LogP contribution in [0.15, 0.2) is 0 Å². The number of hydrogen-bond acceptors (Lipinski definition) is 9. The fraction of sp³-hybridized carbons (Fsp3) is 0.825. The van der Waals surface area contributed by atoms with E-state index in [1.165, 1.54) is 13.3 Å². The van der Waals surface area contributed by atoms with E-state index in [9.17, 15) is 33.6 Å². The van der Waals surface area contributed by atoms with Crippen LogP contribution in [0.25, 0.3) is 0 Å². The van der Waals surface area contributed by atoms with E-state index in [4.69, 9.17) is 26.6 Å². The number of ketones is 5. The van der Waals surface area contributed by atoms with Crippen LogP contribution in [0, 0.1) is 75.4 Å². The molecule has 10 saturated carbocycles. The van der Waals surface area contributed by atoms with Gasteiger partial charge in [0.15, 0.2) is 23.0 Å². The van der Waals surface area contributed by atoms with E-state index in [-0.39, 0.29) is 51.5 Å². The number of hydrogen-bond donors (Lipinski definition) is 2. The highest BCUT2D eigenvalue weighted by atomic mass is 35.5. The molecule has 0 aliphatic heterocycles. The van der Waals surface area contributed by atoms with E-state index < -0.39 is 17.0 Å². The molecule has 10 aliphatic rings. The molecule has 10 rings (SSSR count). The summed E-state index contributed by atoms with van der Waals surface area (Å²) in [7, 11) is 0. The van der Waals surface area contributed by atoms with Gasteiger partial charge in [-0.15, -0.1) is 11.6 Å². The van der Waals surface area contributed by atoms with E-state index in [2.05, 4.69) is 27.7 Å².